The number of carbonyl (C=O) groups excluding carboxylic acids is 1. The van der Waals surface area contributed by atoms with Crippen molar-refractivity contribution in [3.63, 3.8) is 0 Å². The van der Waals surface area contributed by atoms with E-state index in [-0.39, 0.29) is 11.9 Å². The SMILES string of the molecule is CN(C(=O)c1cccn1C)[C@H]1CCCc2ccccc21. The van der Waals surface area contributed by atoms with E-state index in [2.05, 4.69) is 24.3 Å². The van der Waals surface area contributed by atoms with E-state index in [0.29, 0.717) is 0 Å². The number of rotatable bonds is 2. The Labute approximate surface area is 119 Å². The van der Waals surface area contributed by atoms with Gasteiger partial charge in [0, 0.05) is 20.3 Å². The van der Waals surface area contributed by atoms with Gasteiger partial charge in [0.25, 0.3) is 5.91 Å². The van der Waals surface area contributed by atoms with Crippen LogP contribution in [0.1, 0.15) is 40.5 Å². The Hall–Kier alpha value is -2.03. The predicted molar refractivity (Wildman–Crippen MR) is 79.6 cm³/mol. The van der Waals surface area contributed by atoms with Crippen molar-refractivity contribution in [3.8, 4) is 0 Å². The fourth-order valence-electron chi connectivity index (χ4n) is 3.14. The maximum absolute atomic E-state index is 12.6. The minimum absolute atomic E-state index is 0.0965. The number of nitrogens with zero attached hydrogens (tertiary/aromatic N) is 2. The van der Waals surface area contributed by atoms with Gasteiger partial charge < -0.3 is 9.47 Å². The van der Waals surface area contributed by atoms with Crippen LogP contribution >= 0.6 is 0 Å². The molecule has 3 rings (SSSR count). The number of aromatic nitrogens is 1. The summed E-state index contributed by atoms with van der Waals surface area (Å²) in [6.45, 7) is 0. The van der Waals surface area contributed by atoms with E-state index >= 15 is 0 Å². The average molecular weight is 268 g/mol. The lowest BCUT2D eigenvalue weighted by atomic mass is 9.87. The fourth-order valence-corrected chi connectivity index (χ4v) is 3.14. The van der Waals surface area contributed by atoms with Crippen molar-refractivity contribution in [2.24, 2.45) is 7.05 Å². The van der Waals surface area contributed by atoms with Gasteiger partial charge in [-0.1, -0.05) is 24.3 Å². The van der Waals surface area contributed by atoms with E-state index < -0.39 is 0 Å². The number of aryl methyl sites for hydroxylation is 2. The Morgan fingerprint density at radius 2 is 2.05 bits per heavy atom. The molecular weight excluding hydrogens is 248 g/mol. The van der Waals surface area contributed by atoms with Crippen LogP contribution in [-0.4, -0.2) is 22.4 Å². The Morgan fingerprint density at radius 3 is 2.80 bits per heavy atom. The van der Waals surface area contributed by atoms with Crippen LogP contribution in [0.2, 0.25) is 0 Å². The number of fused-ring (bicyclic) bond motifs is 1. The molecular formula is C17H20N2O. The summed E-state index contributed by atoms with van der Waals surface area (Å²) in [7, 11) is 3.83. The summed E-state index contributed by atoms with van der Waals surface area (Å²) in [5.74, 6) is 0.0965. The molecule has 0 aliphatic heterocycles. The molecule has 0 radical (unpaired) electrons. The van der Waals surface area contributed by atoms with Crippen LogP contribution in [0.15, 0.2) is 42.6 Å². The lowest BCUT2D eigenvalue weighted by molar-refractivity contribution is 0.0705. The van der Waals surface area contributed by atoms with Gasteiger partial charge in [-0.05, 0) is 42.5 Å². The van der Waals surface area contributed by atoms with Crippen LogP contribution in [-0.2, 0) is 13.5 Å². The molecule has 0 spiro atoms. The maximum Gasteiger partial charge on any atom is 0.270 e. The van der Waals surface area contributed by atoms with Gasteiger partial charge in [0.1, 0.15) is 5.69 Å². The first kappa shape index (κ1) is 13.0. The summed E-state index contributed by atoms with van der Waals surface area (Å²) < 4.78 is 1.88. The van der Waals surface area contributed by atoms with E-state index in [1.165, 1.54) is 11.1 Å². The monoisotopic (exact) mass is 268 g/mol. The van der Waals surface area contributed by atoms with Crippen molar-refractivity contribution >= 4 is 5.91 Å². The van der Waals surface area contributed by atoms with Crippen molar-refractivity contribution < 1.29 is 4.79 Å². The molecule has 1 aromatic heterocycles. The second-order valence-electron chi connectivity index (χ2n) is 5.53. The molecule has 1 aromatic carbocycles. The van der Waals surface area contributed by atoms with Crippen LogP contribution in [0.25, 0.3) is 0 Å². The van der Waals surface area contributed by atoms with E-state index in [1.54, 1.807) is 0 Å². The first-order chi connectivity index (χ1) is 9.68. The highest BCUT2D eigenvalue weighted by atomic mass is 16.2. The molecule has 1 aliphatic carbocycles. The standard InChI is InChI=1S/C17H20N2O/c1-18-12-6-11-16(18)17(20)19(2)15-10-5-8-13-7-3-4-9-14(13)15/h3-4,6-7,9,11-12,15H,5,8,10H2,1-2H3/t15-/m0/s1. The lowest BCUT2D eigenvalue weighted by Gasteiger charge is -2.33. The molecule has 1 heterocycles. The molecule has 0 fully saturated rings. The van der Waals surface area contributed by atoms with Crippen LogP contribution < -0.4 is 0 Å². The lowest BCUT2D eigenvalue weighted by Crippen LogP contribution is -2.34. The topological polar surface area (TPSA) is 25.2 Å². The van der Waals surface area contributed by atoms with Gasteiger partial charge >= 0.3 is 0 Å². The molecule has 0 bridgehead atoms. The highest BCUT2D eigenvalue weighted by molar-refractivity contribution is 5.92. The van der Waals surface area contributed by atoms with Crippen LogP contribution in [0.4, 0.5) is 0 Å². The van der Waals surface area contributed by atoms with E-state index in [4.69, 9.17) is 0 Å². The highest BCUT2D eigenvalue weighted by Gasteiger charge is 2.27. The van der Waals surface area contributed by atoms with Gasteiger partial charge in [-0.2, -0.15) is 0 Å². The Kier molecular flexibility index (Phi) is 3.35. The smallest absolute Gasteiger partial charge is 0.270 e. The second-order valence-corrected chi connectivity index (χ2v) is 5.53. The third-order valence-corrected chi connectivity index (χ3v) is 4.29. The zero-order valence-electron chi connectivity index (χ0n) is 12.0. The van der Waals surface area contributed by atoms with Gasteiger partial charge in [0.2, 0.25) is 0 Å². The molecule has 1 atom stereocenters. The van der Waals surface area contributed by atoms with E-state index in [0.717, 1.165) is 25.0 Å². The zero-order chi connectivity index (χ0) is 14.1. The van der Waals surface area contributed by atoms with E-state index in [1.807, 2.05) is 41.9 Å². The zero-order valence-corrected chi connectivity index (χ0v) is 12.0. The first-order valence-corrected chi connectivity index (χ1v) is 7.15. The molecule has 104 valence electrons. The summed E-state index contributed by atoms with van der Waals surface area (Å²) in [6.07, 6.45) is 5.23. The first-order valence-electron chi connectivity index (χ1n) is 7.15. The highest BCUT2D eigenvalue weighted by Crippen LogP contribution is 2.34. The third-order valence-electron chi connectivity index (χ3n) is 4.29. The number of carbonyl (C=O) groups is 1. The van der Waals surface area contributed by atoms with Gasteiger partial charge in [-0.25, -0.2) is 0 Å². The van der Waals surface area contributed by atoms with Crippen molar-refractivity contribution in [1.29, 1.82) is 0 Å². The number of hydrogen-bond acceptors (Lipinski definition) is 1. The van der Waals surface area contributed by atoms with Gasteiger partial charge in [-0.3, -0.25) is 4.79 Å². The third kappa shape index (κ3) is 2.13. The van der Waals surface area contributed by atoms with Crippen molar-refractivity contribution in [2.75, 3.05) is 7.05 Å². The minimum Gasteiger partial charge on any atom is -0.347 e. The summed E-state index contributed by atoms with van der Waals surface area (Å²) in [5, 5.41) is 0. The van der Waals surface area contributed by atoms with Crippen molar-refractivity contribution in [2.45, 2.75) is 25.3 Å². The Morgan fingerprint density at radius 1 is 1.25 bits per heavy atom. The average Bonchev–Trinajstić information content (AvgIpc) is 2.91. The van der Waals surface area contributed by atoms with Gasteiger partial charge in [0.05, 0.1) is 6.04 Å². The predicted octanol–water partition coefficient (Wildman–Crippen LogP) is 3.17. The molecule has 3 nitrogen and oxygen atoms in total. The number of hydrogen-bond donors (Lipinski definition) is 0. The van der Waals surface area contributed by atoms with Crippen LogP contribution in [0, 0.1) is 0 Å². The molecule has 0 saturated heterocycles. The summed E-state index contributed by atoms with van der Waals surface area (Å²) in [6, 6.07) is 12.5. The second kappa shape index (κ2) is 5.16. The molecule has 1 aliphatic rings. The summed E-state index contributed by atoms with van der Waals surface area (Å²) in [4.78, 5) is 14.5. The normalized spacial score (nSPS) is 17.6. The molecule has 0 N–H and O–H groups in total. The molecule has 0 saturated carbocycles. The van der Waals surface area contributed by atoms with Gasteiger partial charge in [0.15, 0.2) is 0 Å². The fraction of sp³-hybridized carbons (Fsp3) is 0.353. The molecule has 20 heavy (non-hydrogen) atoms. The number of amides is 1. The van der Waals surface area contributed by atoms with Crippen LogP contribution in [0.3, 0.4) is 0 Å². The Bertz CT molecular complexity index is 629. The van der Waals surface area contributed by atoms with Crippen LogP contribution in [0.5, 0.6) is 0 Å². The minimum atomic E-state index is 0.0965. The summed E-state index contributed by atoms with van der Waals surface area (Å²) in [5.41, 5.74) is 3.44. The molecule has 2 aromatic rings. The summed E-state index contributed by atoms with van der Waals surface area (Å²) >= 11 is 0. The number of benzene rings is 1. The quantitative estimate of drug-likeness (QED) is 0.821. The molecule has 3 heteroatoms. The maximum atomic E-state index is 12.6. The van der Waals surface area contributed by atoms with Crippen molar-refractivity contribution in [3.05, 3.63) is 59.4 Å². The molecule has 0 unspecified atom stereocenters. The van der Waals surface area contributed by atoms with Gasteiger partial charge in [-0.15, -0.1) is 0 Å². The largest absolute Gasteiger partial charge is 0.347 e. The Balaban J connectivity index is 1.90. The van der Waals surface area contributed by atoms with E-state index in [9.17, 15) is 4.79 Å². The van der Waals surface area contributed by atoms with Crippen molar-refractivity contribution in [1.82, 2.24) is 9.47 Å². The molecule has 1 amide bonds.